The van der Waals surface area contributed by atoms with Crippen molar-refractivity contribution in [3.8, 4) is 0 Å². The van der Waals surface area contributed by atoms with Crippen LogP contribution in [-0.2, 0) is 0 Å². The molecule has 0 fully saturated rings. The number of hydrogen-bond donors (Lipinski definition) is 0. The summed E-state index contributed by atoms with van der Waals surface area (Å²) in [4.78, 5) is 19.9. The first kappa shape index (κ1) is 14.8. The quantitative estimate of drug-likeness (QED) is 0.738. The standard InChI is InChI=1S/C15H18N6S/c1-10(2)12-17-13(20(3)4)19-14(18-12)22-15-16-9-11-7-5-6-8-21(11)15/h5-10H,1-4H3. The van der Waals surface area contributed by atoms with Crippen LogP contribution in [0.1, 0.15) is 25.6 Å². The molecule has 0 aliphatic heterocycles. The number of rotatable bonds is 4. The summed E-state index contributed by atoms with van der Waals surface area (Å²) in [6.07, 6.45) is 3.84. The molecule has 0 saturated carbocycles. The monoisotopic (exact) mass is 314 g/mol. The highest BCUT2D eigenvalue weighted by Gasteiger charge is 2.14. The van der Waals surface area contributed by atoms with Gasteiger partial charge in [-0.2, -0.15) is 9.97 Å². The van der Waals surface area contributed by atoms with Gasteiger partial charge in [0.1, 0.15) is 5.82 Å². The Bertz CT molecular complexity index is 769. The number of nitrogens with zero attached hydrogens (tertiary/aromatic N) is 6. The molecule has 0 atom stereocenters. The fraction of sp³-hybridized carbons (Fsp3) is 0.333. The van der Waals surface area contributed by atoms with E-state index in [0.717, 1.165) is 16.5 Å². The number of imidazole rings is 1. The summed E-state index contributed by atoms with van der Waals surface area (Å²) >= 11 is 1.45. The molecule has 0 radical (unpaired) electrons. The van der Waals surface area contributed by atoms with Crippen LogP contribution in [0.25, 0.3) is 5.52 Å². The predicted octanol–water partition coefficient (Wildman–Crippen LogP) is 2.86. The Morgan fingerprint density at radius 2 is 1.95 bits per heavy atom. The second kappa shape index (κ2) is 5.92. The molecule has 3 aromatic rings. The van der Waals surface area contributed by atoms with Crippen LogP contribution in [-0.4, -0.2) is 38.4 Å². The lowest BCUT2D eigenvalue weighted by atomic mass is 10.2. The lowest BCUT2D eigenvalue weighted by molar-refractivity contribution is 0.715. The lowest BCUT2D eigenvalue weighted by Crippen LogP contribution is -2.15. The Balaban J connectivity index is 2.01. The van der Waals surface area contributed by atoms with Crippen molar-refractivity contribution >= 4 is 23.2 Å². The van der Waals surface area contributed by atoms with Crippen molar-refractivity contribution in [2.24, 2.45) is 0 Å². The van der Waals surface area contributed by atoms with Crippen molar-refractivity contribution in [1.82, 2.24) is 24.3 Å². The van der Waals surface area contributed by atoms with E-state index in [1.807, 2.05) is 54.0 Å². The Kier molecular flexibility index (Phi) is 3.98. The van der Waals surface area contributed by atoms with Crippen LogP contribution >= 0.6 is 11.8 Å². The van der Waals surface area contributed by atoms with E-state index >= 15 is 0 Å². The third-order valence-corrected chi connectivity index (χ3v) is 3.97. The van der Waals surface area contributed by atoms with E-state index in [2.05, 4.69) is 33.8 Å². The van der Waals surface area contributed by atoms with Crippen molar-refractivity contribution in [2.75, 3.05) is 19.0 Å². The van der Waals surface area contributed by atoms with E-state index in [1.54, 1.807) is 0 Å². The van der Waals surface area contributed by atoms with Gasteiger partial charge in [0.15, 0.2) is 5.16 Å². The summed E-state index contributed by atoms with van der Waals surface area (Å²) in [5.41, 5.74) is 1.05. The maximum atomic E-state index is 4.56. The Morgan fingerprint density at radius 1 is 1.14 bits per heavy atom. The van der Waals surface area contributed by atoms with Crippen molar-refractivity contribution in [2.45, 2.75) is 30.1 Å². The van der Waals surface area contributed by atoms with Crippen LogP contribution in [0.4, 0.5) is 5.95 Å². The molecule has 0 amide bonds. The van der Waals surface area contributed by atoms with Gasteiger partial charge in [0.05, 0.1) is 11.7 Å². The highest BCUT2D eigenvalue weighted by atomic mass is 32.2. The maximum Gasteiger partial charge on any atom is 0.229 e. The first-order valence-corrected chi connectivity index (χ1v) is 7.89. The van der Waals surface area contributed by atoms with Gasteiger partial charge in [0.25, 0.3) is 0 Å². The van der Waals surface area contributed by atoms with Crippen LogP contribution in [0.2, 0.25) is 0 Å². The normalized spacial score (nSPS) is 11.3. The van der Waals surface area contributed by atoms with Crippen molar-refractivity contribution in [3.05, 3.63) is 36.4 Å². The summed E-state index contributed by atoms with van der Waals surface area (Å²) in [6, 6.07) is 6.00. The molecule has 3 heterocycles. The van der Waals surface area contributed by atoms with Gasteiger partial charge in [-0.1, -0.05) is 19.9 Å². The Labute approximate surface area is 133 Å². The van der Waals surface area contributed by atoms with Crippen LogP contribution in [0.5, 0.6) is 0 Å². The predicted molar refractivity (Wildman–Crippen MR) is 87.6 cm³/mol. The van der Waals surface area contributed by atoms with Crippen LogP contribution in [0, 0.1) is 0 Å². The third kappa shape index (κ3) is 2.89. The molecule has 0 spiro atoms. The molecule has 3 aromatic heterocycles. The summed E-state index contributed by atoms with van der Waals surface area (Å²) in [6.45, 7) is 4.16. The van der Waals surface area contributed by atoms with Gasteiger partial charge in [0.2, 0.25) is 11.1 Å². The Morgan fingerprint density at radius 3 is 2.68 bits per heavy atom. The smallest absolute Gasteiger partial charge is 0.229 e. The summed E-state index contributed by atoms with van der Waals surface area (Å²) in [5.74, 6) is 1.71. The molecular formula is C15H18N6S. The third-order valence-electron chi connectivity index (χ3n) is 3.12. The molecule has 0 unspecified atom stereocenters. The number of aromatic nitrogens is 5. The second-order valence-electron chi connectivity index (χ2n) is 5.46. The van der Waals surface area contributed by atoms with Gasteiger partial charge in [-0.25, -0.2) is 9.97 Å². The molecule has 114 valence electrons. The molecule has 3 rings (SSSR count). The van der Waals surface area contributed by atoms with Gasteiger partial charge in [-0.15, -0.1) is 0 Å². The van der Waals surface area contributed by atoms with Gasteiger partial charge < -0.3 is 4.90 Å². The zero-order valence-corrected chi connectivity index (χ0v) is 13.9. The van der Waals surface area contributed by atoms with E-state index in [1.165, 1.54) is 11.8 Å². The number of fused-ring (bicyclic) bond motifs is 1. The van der Waals surface area contributed by atoms with Crippen LogP contribution < -0.4 is 4.90 Å². The minimum absolute atomic E-state index is 0.248. The number of pyridine rings is 1. The molecule has 7 heteroatoms. The molecule has 22 heavy (non-hydrogen) atoms. The molecule has 0 aromatic carbocycles. The van der Waals surface area contributed by atoms with Crippen LogP contribution in [0.3, 0.4) is 0 Å². The van der Waals surface area contributed by atoms with E-state index in [4.69, 9.17) is 0 Å². The SMILES string of the molecule is CC(C)c1nc(Sc2ncc3ccccn23)nc(N(C)C)n1. The van der Waals surface area contributed by atoms with Gasteiger partial charge in [-0.05, 0) is 23.9 Å². The molecular weight excluding hydrogens is 296 g/mol. The number of anilines is 1. The van der Waals surface area contributed by atoms with Crippen molar-refractivity contribution in [1.29, 1.82) is 0 Å². The summed E-state index contributed by atoms with van der Waals surface area (Å²) in [5, 5.41) is 1.51. The van der Waals surface area contributed by atoms with E-state index in [-0.39, 0.29) is 5.92 Å². The van der Waals surface area contributed by atoms with Gasteiger partial charge in [-0.3, -0.25) is 4.40 Å². The van der Waals surface area contributed by atoms with Crippen LogP contribution in [0.15, 0.2) is 40.9 Å². The zero-order valence-electron chi connectivity index (χ0n) is 13.1. The summed E-state index contributed by atoms with van der Waals surface area (Å²) < 4.78 is 2.03. The first-order valence-electron chi connectivity index (χ1n) is 7.08. The highest BCUT2D eigenvalue weighted by molar-refractivity contribution is 7.99. The average Bonchev–Trinajstić information content (AvgIpc) is 2.90. The minimum atomic E-state index is 0.248. The second-order valence-corrected chi connectivity index (χ2v) is 6.40. The topological polar surface area (TPSA) is 59.2 Å². The molecule has 6 nitrogen and oxygen atoms in total. The van der Waals surface area contributed by atoms with E-state index in [0.29, 0.717) is 11.1 Å². The zero-order chi connectivity index (χ0) is 15.7. The molecule has 0 saturated heterocycles. The molecule has 0 bridgehead atoms. The fourth-order valence-corrected chi connectivity index (χ4v) is 2.74. The molecule has 0 N–H and O–H groups in total. The first-order chi connectivity index (χ1) is 10.5. The molecule has 0 aliphatic carbocycles. The van der Waals surface area contributed by atoms with Crippen molar-refractivity contribution < 1.29 is 0 Å². The summed E-state index contributed by atoms with van der Waals surface area (Å²) in [7, 11) is 3.86. The van der Waals surface area contributed by atoms with Gasteiger partial charge >= 0.3 is 0 Å². The highest BCUT2D eigenvalue weighted by Crippen LogP contribution is 2.26. The fourth-order valence-electron chi connectivity index (χ4n) is 1.94. The number of hydrogen-bond acceptors (Lipinski definition) is 6. The minimum Gasteiger partial charge on any atom is -0.347 e. The average molecular weight is 314 g/mol. The largest absolute Gasteiger partial charge is 0.347 e. The van der Waals surface area contributed by atoms with Crippen molar-refractivity contribution in [3.63, 3.8) is 0 Å². The van der Waals surface area contributed by atoms with E-state index < -0.39 is 0 Å². The van der Waals surface area contributed by atoms with E-state index in [9.17, 15) is 0 Å². The Hall–Kier alpha value is -2.15. The maximum absolute atomic E-state index is 4.56. The molecule has 0 aliphatic rings. The van der Waals surface area contributed by atoms with Gasteiger partial charge in [0, 0.05) is 26.2 Å². The lowest BCUT2D eigenvalue weighted by Gasteiger charge is -2.13.